The number of nitrogens with zero attached hydrogens (tertiary/aromatic N) is 2. The van der Waals surface area contributed by atoms with Crippen LogP contribution in [0.1, 0.15) is 29.9 Å². The summed E-state index contributed by atoms with van der Waals surface area (Å²) in [6.45, 7) is 0. The van der Waals surface area contributed by atoms with Crippen molar-refractivity contribution in [2.45, 2.75) is 36.3 Å². The van der Waals surface area contributed by atoms with E-state index < -0.39 is 0 Å². The summed E-state index contributed by atoms with van der Waals surface area (Å²) in [5.41, 5.74) is 2.56. The molecule has 21 heavy (non-hydrogen) atoms. The number of aromatic nitrogens is 2. The van der Waals surface area contributed by atoms with E-state index in [1.54, 1.807) is 11.8 Å². The second-order valence-electron chi connectivity index (χ2n) is 5.09. The molecule has 0 saturated carbocycles. The van der Waals surface area contributed by atoms with E-state index in [0.717, 1.165) is 34.7 Å². The summed E-state index contributed by atoms with van der Waals surface area (Å²) in [5.74, 6) is 2.73. The molecule has 0 aliphatic heterocycles. The van der Waals surface area contributed by atoms with E-state index >= 15 is 0 Å². The minimum atomic E-state index is 0.796. The first-order valence-corrected chi connectivity index (χ1v) is 8.99. The third kappa shape index (κ3) is 3.40. The zero-order chi connectivity index (χ0) is 14.7. The minimum Gasteiger partial charge on any atom is -0.373 e. The number of rotatable bonds is 4. The molecule has 5 heteroatoms. The van der Waals surface area contributed by atoms with Crippen LogP contribution in [0.2, 0.25) is 0 Å². The summed E-state index contributed by atoms with van der Waals surface area (Å²) in [5, 5.41) is 3.24. The fraction of sp³-hybridized carbons (Fsp3) is 0.375. The molecule has 2 aromatic rings. The maximum absolute atomic E-state index is 4.78. The molecule has 0 spiro atoms. The molecule has 3 rings (SSSR count). The molecule has 1 aromatic carbocycles. The lowest BCUT2D eigenvalue weighted by Crippen LogP contribution is -2.13. The first-order chi connectivity index (χ1) is 10.3. The second-order valence-corrected chi connectivity index (χ2v) is 6.96. The molecule has 0 fully saturated rings. The number of benzene rings is 1. The lowest BCUT2D eigenvalue weighted by Gasteiger charge is -2.18. The van der Waals surface area contributed by atoms with Gasteiger partial charge < -0.3 is 5.32 Å². The third-order valence-corrected chi connectivity index (χ3v) is 5.68. The van der Waals surface area contributed by atoms with E-state index in [-0.39, 0.29) is 0 Å². The molecule has 1 N–H and O–H groups in total. The second kappa shape index (κ2) is 6.79. The van der Waals surface area contributed by atoms with Crippen LogP contribution in [0.25, 0.3) is 0 Å². The van der Waals surface area contributed by atoms with Gasteiger partial charge in [0, 0.05) is 27.7 Å². The van der Waals surface area contributed by atoms with Gasteiger partial charge in [0.05, 0.1) is 5.75 Å². The number of aryl methyl sites for hydroxylation is 1. The van der Waals surface area contributed by atoms with Gasteiger partial charge in [0.25, 0.3) is 0 Å². The van der Waals surface area contributed by atoms with Gasteiger partial charge in [-0.15, -0.1) is 11.8 Å². The van der Waals surface area contributed by atoms with E-state index in [1.165, 1.54) is 29.0 Å². The maximum atomic E-state index is 4.78. The molecule has 0 atom stereocenters. The minimum absolute atomic E-state index is 0.796. The van der Waals surface area contributed by atoms with E-state index in [2.05, 4.69) is 39.4 Å². The summed E-state index contributed by atoms with van der Waals surface area (Å²) < 4.78 is 1.13. The molecule has 0 amide bonds. The Hall–Kier alpha value is -1.07. The van der Waals surface area contributed by atoms with Gasteiger partial charge in [-0.05, 0) is 53.7 Å². The number of anilines is 1. The van der Waals surface area contributed by atoms with Gasteiger partial charge in [0.2, 0.25) is 0 Å². The highest BCUT2D eigenvalue weighted by Crippen LogP contribution is 2.31. The normalized spacial score (nSPS) is 13.8. The molecule has 1 aromatic heterocycles. The van der Waals surface area contributed by atoms with Crippen LogP contribution >= 0.6 is 27.7 Å². The molecule has 0 unspecified atom stereocenters. The summed E-state index contributed by atoms with van der Waals surface area (Å²) in [6.07, 6.45) is 4.67. The maximum Gasteiger partial charge on any atom is 0.141 e. The van der Waals surface area contributed by atoms with Crippen molar-refractivity contribution in [3.63, 3.8) is 0 Å². The van der Waals surface area contributed by atoms with Gasteiger partial charge in [-0.1, -0.05) is 12.1 Å². The van der Waals surface area contributed by atoms with Gasteiger partial charge in [0.15, 0.2) is 0 Å². The molecule has 110 valence electrons. The highest BCUT2D eigenvalue weighted by molar-refractivity contribution is 9.10. The summed E-state index contributed by atoms with van der Waals surface area (Å²) >= 11 is 5.35. The van der Waals surface area contributed by atoms with Crippen molar-refractivity contribution < 1.29 is 0 Å². The number of hydrogen-bond acceptors (Lipinski definition) is 4. The molecule has 1 heterocycles. The number of halogens is 1. The number of fused-ring (bicyclic) bond motifs is 1. The average Bonchev–Trinajstić information content (AvgIpc) is 2.53. The van der Waals surface area contributed by atoms with Crippen molar-refractivity contribution in [1.82, 2.24) is 9.97 Å². The Balaban J connectivity index is 1.81. The molecular weight excluding hydrogens is 346 g/mol. The van der Waals surface area contributed by atoms with Crippen LogP contribution in [0.4, 0.5) is 5.82 Å². The van der Waals surface area contributed by atoms with Crippen molar-refractivity contribution in [3.8, 4) is 0 Å². The summed E-state index contributed by atoms with van der Waals surface area (Å²) in [6, 6.07) is 8.27. The summed E-state index contributed by atoms with van der Waals surface area (Å²) in [4.78, 5) is 10.7. The smallest absolute Gasteiger partial charge is 0.141 e. The van der Waals surface area contributed by atoms with Gasteiger partial charge in [0.1, 0.15) is 11.6 Å². The van der Waals surface area contributed by atoms with E-state index in [4.69, 9.17) is 9.97 Å². The van der Waals surface area contributed by atoms with Crippen molar-refractivity contribution in [2.75, 3.05) is 12.4 Å². The first-order valence-electron chi connectivity index (χ1n) is 7.21. The van der Waals surface area contributed by atoms with Crippen LogP contribution < -0.4 is 5.32 Å². The Kier molecular flexibility index (Phi) is 4.80. The van der Waals surface area contributed by atoms with Crippen LogP contribution in [0.15, 0.2) is 33.6 Å². The van der Waals surface area contributed by atoms with Crippen molar-refractivity contribution >= 4 is 33.5 Å². The number of thioether (sulfide) groups is 1. The SMILES string of the molecule is CNc1nc(CSc2ccccc2Br)nc2c1CCCC2. The number of hydrogen-bond donors (Lipinski definition) is 1. The fourth-order valence-corrected chi connectivity index (χ4v) is 4.04. The van der Waals surface area contributed by atoms with E-state index in [9.17, 15) is 0 Å². The predicted octanol–water partition coefficient (Wildman–Crippen LogP) is 4.45. The lowest BCUT2D eigenvalue weighted by molar-refractivity contribution is 0.659. The zero-order valence-electron chi connectivity index (χ0n) is 12.0. The van der Waals surface area contributed by atoms with Crippen molar-refractivity contribution in [2.24, 2.45) is 0 Å². The summed E-state index contributed by atoms with van der Waals surface area (Å²) in [7, 11) is 1.95. The molecule has 3 nitrogen and oxygen atoms in total. The number of nitrogens with one attached hydrogen (secondary N) is 1. The predicted molar refractivity (Wildman–Crippen MR) is 91.9 cm³/mol. The monoisotopic (exact) mass is 363 g/mol. The Morgan fingerprint density at radius 1 is 1.19 bits per heavy atom. The highest BCUT2D eigenvalue weighted by atomic mass is 79.9. The molecule has 1 aliphatic carbocycles. The van der Waals surface area contributed by atoms with Crippen LogP contribution in [0, 0.1) is 0 Å². The zero-order valence-corrected chi connectivity index (χ0v) is 14.4. The van der Waals surface area contributed by atoms with Gasteiger partial charge in [-0.3, -0.25) is 0 Å². The molecule has 0 radical (unpaired) electrons. The highest BCUT2D eigenvalue weighted by Gasteiger charge is 2.17. The van der Waals surface area contributed by atoms with Crippen molar-refractivity contribution in [1.29, 1.82) is 0 Å². The quantitative estimate of drug-likeness (QED) is 0.814. The molecule has 0 bridgehead atoms. The van der Waals surface area contributed by atoms with E-state index in [0.29, 0.717) is 0 Å². The van der Waals surface area contributed by atoms with Crippen LogP contribution in [-0.4, -0.2) is 17.0 Å². The molecular formula is C16H18BrN3S. The van der Waals surface area contributed by atoms with Crippen LogP contribution in [-0.2, 0) is 18.6 Å². The Labute approximate surface area is 138 Å². The van der Waals surface area contributed by atoms with Crippen molar-refractivity contribution in [3.05, 3.63) is 45.8 Å². The van der Waals surface area contributed by atoms with Gasteiger partial charge in [-0.25, -0.2) is 9.97 Å². The fourth-order valence-electron chi connectivity index (χ4n) is 2.62. The Bertz CT molecular complexity index is 628. The van der Waals surface area contributed by atoms with E-state index in [1.807, 2.05) is 13.1 Å². The van der Waals surface area contributed by atoms with Gasteiger partial charge in [-0.2, -0.15) is 0 Å². The van der Waals surface area contributed by atoms with Crippen LogP contribution in [0.5, 0.6) is 0 Å². The Morgan fingerprint density at radius 3 is 2.81 bits per heavy atom. The third-order valence-electron chi connectivity index (χ3n) is 3.66. The Morgan fingerprint density at radius 2 is 2.00 bits per heavy atom. The molecule has 1 aliphatic rings. The largest absolute Gasteiger partial charge is 0.373 e. The first kappa shape index (κ1) is 14.9. The standard InChI is InChI=1S/C16H18BrN3S/c1-18-16-11-6-2-4-8-13(11)19-15(20-16)10-21-14-9-5-3-7-12(14)17/h3,5,7,9H,2,4,6,8,10H2,1H3,(H,18,19,20). The lowest BCUT2D eigenvalue weighted by atomic mass is 9.96. The topological polar surface area (TPSA) is 37.8 Å². The average molecular weight is 364 g/mol. The van der Waals surface area contributed by atoms with Crippen LogP contribution in [0.3, 0.4) is 0 Å². The van der Waals surface area contributed by atoms with Gasteiger partial charge >= 0.3 is 0 Å². The molecule has 0 saturated heterocycles.